The van der Waals surface area contributed by atoms with Crippen molar-refractivity contribution < 1.29 is 4.74 Å². The van der Waals surface area contributed by atoms with Gasteiger partial charge in [0.25, 0.3) is 0 Å². The smallest absolute Gasteiger partial charge is 0.125 e. The van der Waals surface area contributed by atoms with Gasteiger partial charge in [0.1, 0.15) is 5.75 Å². The van der Waals surface area contributed by atoms with Crippen LogP contribution in [0, 0.1) is 6.92 Å². The van der Waals surface area contributed by atoms with Crippen molar-refractivity contribution in [2.75, 3.05) is 13.2 Å². The van der Waals surface area contributed by atoms with Crippen LogP contribution >= 0.6 is 0 Å². The number of ether oxygens (including phenoxy) is 1. The number of aryl methyl sites for hydroxylation is 1. The normalized spacial score (nSPS) is 28.6. The molecule has 16 heavy (non-hydrogen) atoms. The van der Waals surface area contributed by atoms with Gasteiger partial charge in [0.05, 0.1) is 6.61 Å². The predicted octanol–water partition coefficient (Wildman–Crippen LogP) is 2.61. The van der Waals surface area contributed by atoms with E-state index in [9.17, 15) is 0 Å². The monoisotopic (exact) mass is 217 g/mol. The highest BCUT2D eigenvalue weighted by Crippen LogP contribution is 2.39. The van der Waals surface area contributed by atoms with Crippen LogP contribution in [0.3, 0.4) is 0 Å². The molecule has 2 unspecified atom stereocenters. The first-order chi connectivity index (χ1) is 7.86. The van der Waals surface area contributed by atoms with Gasteiger partial charge in [0.2, 0.25) is 0 Å². The fraction of sp³-hybridized carbons (Fsp3) is 0.571. The lowest BCUT2D eigenvalue weighted by atomic mass is 9.85. The highest BCUT2D eigenvalue weighted by atomic mass is 16.5. The van der Waals surface area contributed by atoms with Crippen molar-refractivity contribution in [2.24, 2.45) is 0 Å². The standard InChI is InChI=1S/C14H19NO/c1-10-4-2-5-12-11(7-9-16-14(10)12)13-6-3-8-15-13/h2,4-5,11,13,15H,3,6-9H2,1H3. The lowest BCUT2D eigenvalue weighted by Gasteiger charge is -2.31. The molecule has 2 aliphatic heterocycles. The lowest BCUT2D eigenvalue weighted by Crippen LogP contribution is -2.32. The Balaban J connectivity index is 1.96. The van der Waals surface area contributed by atoms with Gasteiger partial charge in [-0.05, 0) is 43.9 Å². The van der Waals surface area contributed by atoms with E-state index in [1.807, 2.05) is 0 Å². The Morgan fingerprint density at radius 3 is 3.06 bits per heavy atom. The summed E-state index contributed by atoms with van der Waals surface area (Å²) in [5.41, 5.74) is 2.70. The van der Waals surface area contributed by atoms with Gasteiger partial charge in [-0.2, -0.15) is 0 Å². The second-order valence-electron chi connectivity index (χ2n) is 4.94. The third-order valence-electron chi connectivity index (χ3n) is 3.90. The molecule has 0 aliphatic carbocycles. The van der Waals surface area contributed by atoms with Crippen LogP contribution in [0.1, 0.15) is 36.3 Å². The van der Waals surface area contributed by atoms with E-state index in [0.717, 1.165) is 18.8 Å². The molecule has 2 heteroatoms. The van der Waals surface area contributed by atoms with Crippen LogP contribution in [0.5, 0.6) is 5.75 Å². The number of rotatable bonds is 1. The van der Waals surface area contributed by atoms with E-state index >= 15 is 0 Å². The van der Waals surface area contributed by atoms with E-state index in [2.05, 4.69) is 30.4 Å². The summed E-state index contributed by atoms with van der Waals surface area (Å²) in [5, 5.41) is 3.63. The molecular weight excluding hydrogens is 198 g/mol. The van der Waals surface area contributed by atoms with Gasteiger partial charge in [-0.3, -0.25) is 0 Å². The first kappa shape index (κ1) is 10.2. The molecule has 0 bridgehead atoms. The van der Waals surface area contributed by atoms with Crippen molar-refractivity contribution in [3.05, 3.63) is 29.3 Å². The molecule has 1 N–H and O–H groups in total. The van der Waals surface area contributed by atoms with Crippen molar-refractivity contribution in [1.82, 2.24) is 5.32 Å². The Morgan fingerprint density at radius 2 is 2.25 bits per heavy atom. The summed E-state index contributed by atoms with van der Waals surface area (Å²) in [5.74, 6) is 1.80. The fourth-order valence-corrected chi connectivity index (χ4v) is 3.08. The minimum Gasteiger partial charge on any atom is -0.493 e. The molecule has 2 atom stereocenters. The summed E-state index contributed by atoms with van der Waals surface area (Å²) >= 11 is 0. The second kappa shape index (κ2) is 4.10. The van der Waals surface area contributed by atoms with E-state index in [1.54, 1.807) is 0 Å². The average Bonchev–Trinajstić information content (AvgIpc) is 2.82. The van der Waals surface area contributed by atoms with Gasteiger partial charge >= 0.3 is 0 Å². The molecule has 1 aromatic rings. The summed E-state index contributed by atoms with van der Waals surface area (Å²) < 4.78 is 5.82. The second-order valence-corrected chi connectivity index (χ2v) is 4.94. The Bertz CT molecular complexity index is 382. The number of para-hydroxylation sites is 1. The molecule has 0 spiro atoms. The van der Waals surface area contributed by atoms with Crippen LogP contribution in [-0.4, -0.2) is 19.2 Å². The summed E-state index contributed by atoms with van der Waals surface area (Å²) in [6.07, 6.45) is 3.80. The number of hydrogen-bond donors (Lipinski definition) is 1. The molecule has 2 aliphatic rings. The third kappa shape index (κ3) is 1.61. The summed E-state index contributed by atoms with van der Waals surface area (Å²) in [7, 11) is 0. The molecule has 1 saturated heterocycles. The quantitative estimate of drug-likeness (QED) is 0.780. The van der Waals surface area contributed by atoms with E-state index in [4.69, 9.17) is 4.74 Å². The Hall–Kier alpha value is -1.02. The SMILES string of the molecule is Cc1cccc2c1OCCC2C1CCCN1. The zero-order chi connectivity index (χ0) is 11.0. The van der Waals surface area contributed by atoms with Gasteiger partial charge in [0.15, 0.2) is 0 Å². The van der Waals surface area contributed by atoms with E-state index < -0.39 is 0 Å². The molecular formula is C14H19NO. The van der Waals surface area contributed by atoms with E-state index in [-0.39, 0.29) is 0 Å². The summed E-state index contributed by atoms with van der Waals surface area (Å²) in [6, 6.07) is 7.21. The molecule has 0 radical (unpaired) electrons. The molecule has 0 aromatic heterocycles. The molecule has 0 amide bonds. The molecule has 1 fully saturated rings. The summed E-state index contributed by atoms with van der Waals surface area (Å²) in [6.45, 7) is 4.20. The number of benzene rings is 1. The first-order valence-electron chi connectivity index (χ1n) is 6.32. The van der Waals surface area contributed by atoms with Gasteiger partial charge in [-0.15, -0.1) is 0 Å². The molecule has 1 aromatic carbocycles. The zero-order valence-electron chi connectivity index (χ0n) is 9.83. The topological polar surface area (TPSA) is 21.3 Å². The zero-order valence-corrected chi connectivity index (χ0v) is 9.83. The Kier molecular flexibility index (Phi) is 2.60. The van der Waals surface area contributed by atoms with Crippen LogP contribution in [-0.2, 0) is 0 Å². The van der Waals surface area contributed by atoms with Crippen LogP contribution < -0.4 is 10.1 Å². The summed E-state index contributed by atoms with van der Waals surface area (Å²) in [4.78, 5) is 0. The number of nitrogens with one attached hydrogen (secondary N) is 1. The van der Waals surface area contributed by atoms with E-state index in [1.165, 1.54) is 30.5 Å². The van der Waals surface area contributed by atoms with Crippen LogP contribution in [0.2, 0.25) is 0 Å². The van der Waals surface area contributed by atoms with Gasteiger partial charge in [-0.25, -0.2) is 0 Å². The van der Waals surface area contributed by atoms with Crippen molar-refractivity contribution >= 4 is 0 Å². The highest BCUT2D eigenvalue weighted by molar-refractivity contribution is 5.44. The maximum absolute atomic E-state index is 5.82. The maximum atomic E-state index is 5.82. The minimum atomic E-state index is 0.658. The van der Waals surface area contributed by atoms with Crippen LogP contribution in [0.25, 0.3) is 0 Å². The van der Waals surface area contributed by atoms with Crippen molar-refractivity contribution in [3.63, 3.8) is 0 Å². The van der Waals surface area contributed by atoms with Crippen LogP contribution in [0.15, 0.2) is 18.2 Å². The predicted molar refractivity (Wildman–Crippen MR) is 65.1 cm³/mol. The van der Waals surface area contributed by atoms with Crippen LogP contribution in [0.4, 0.5) is 0 Å². The fourth-order valence-electron chi connectivity index (χ4n) is 3.08. The molecule has 2 heterocycles. The van der Waals surface area contributed by atoms with Crippen molar-refractivity contribution in [2.45, 2.75) is 38.1 Å². The Labute approximate surface area is 97.0 Å². The van der Waals surface area contributed by atoms with Gasteiger partial charge < -0.3 is 10.1 Å². The molecule has 86 valence electrons. The maximum Gasteiger partial charge on any atom is 0.125 e. The number of hydrogen-bond acceptors (Lipinski definition) is 2. The third-order valence-corrected chi connectivity index (χ3v) is 3.90. The van der Waals surface area contributed by atoms with Gasteiger partial charge in [0, 0.05) is 12.0 Å². The van der Waals surface area contributed by atoms with E-state index in [0.29, 0.717) is 12.0 Å². The Morgan fingerprint density at radius 1 is 1.31 bits per heavy atom. The van der Waals surface area contributed by atoms with Crippen molar-refractivity contribution in [1.29, 1.82) is 0 Å². The van der Waals surface area contributed by atoms with Gasteiger partial charge in [-0.1, -0.05) is 18.2 Å². The lowest BCUT2D eigenvalue weighted by molar-refractivity contribution is 0.249. The largest absolute Gasteiger partial charge is 0.493 e. The van der Waals surface area contributed by atoms with Crippen molar-refractivity contribution in [3.8, 4) is 5.75 Å². The first-order valence-corrected chi connectivity index (χ1v) is 6.32. The molecule has 0 saturated carbocycles. The number of fused-ring (bicyclic) bond motifs is 1. The molecule has 2 nitrogen and oxygen atoms in total. The average molecular weight is 217 g/mol. The highest BCUT2D eigenvalue weighted by Gasteiger charge is 2.30. The minimum absolute atomic E-state index is 0.658. The molecule has 3 rings (SSSR count).